The van der Waals surface area contributed by atoms with Crippen molar-refractivity contribution >= 4 is 21.4 Å². The van der Waals surface area contributed by atoms with Crippen LogP contribution in [0.3, 0.4) is 0 Å². The summed E-state index contributed by atoms with van der Waals surface area (Å²) in [5, 5.41) is 11.5. The average molecular weight is 286 g/mol. The Balaban J connectivity index is 2.53. The largest absolute Gasteiger partial charge is 0.392 e. The predicted molar refractivity (Wildman–Crippen MR) is 73.3 cm³/mol. The van der Waals surface area contributed by atoms with Gasteiger partial charge in [-0.1, -0.05) is 12.1 Å². The molecule has 7 heteroatoms. The zero-order chi connectivity index (χ0) is 14.5. The monoisotopic (exact) mass is 286 g/mol. The Labute approximate surface area is 112 Å². The van der Waals surface area contributed by atoms with E-state index < -0.39 is 21.8 Å². The number of hydrogen-bond acceptors (Lipinski definition) is 5. The molecular weight excluding hydrogens is 268 g/mol. The molecule has 0 saturated carbocycles. The van der Waals surface area contributed by atoms with Gasteiger partial charge in [0.05, 0.1) is 18.4 Å². The molecule has 0 aromatic heterocycles. The molecule has 4 N–H and O–H groups in total. The van der Waals surface area contributed by atoms with E-state index in [2.05, 4.69) is 5.32 Å². The van der Waals surface area contributed by atoms with Gasteiger partial charge in [0.2, 0.25) is 5.91 Å². The molecule has 1 aromatic rings. The number of nitrogens with one attached hydrogen (secondary N) is 1. The summed E-state index contributed by atoms with van der Waals surface area (Å²) in [5.41, 5.74) is 6.90. The van der Waals surface area contributed by atoms with Crippen molar-refractivity contribution in [2.75, 3.05) is 17.3 Å². The molecule has 0 fully saturated rings. The van der Waals surface area contributed by atoms with Crippen molar-refractivity contribution < 1.29 is 18.3 Å². The fourth-order valence-corrected chi connectivity index (χ4v) is 2.08. The van der Waals surface area contributed by atoms with E-state index in [0.29, 0.717) is 5.69 Å². The number of sulfone groups is 1. The van der Waals surface area contributed by atoms with Crippen LogP contribution in [0.15, 0.2) is 24.3 Å². The van der Waals surface area contributed by atoms with E-state index in [4.69, 9.17) is 10.8 Å². The van der Waals surface area contributed by atoms with Crippen LogP contribution in [0.5, 0.6) is 0 Å². The lowest BCUT2D eigenvalue weighted by Gasteiger charge is -2.11. The maximum Gasteiger partial charge on any atom is 0.241 e. The van der Waals surface area contributed by atoms with Gasteiger partial charge in [-0.15, -0.1) is 0 Å². The van der Waals surface area contributed by atoms with Crippen LogP contribution in [0.25, 0.3) is 0 Å². The van der Waals surface area contributed by atoms with Crippen molar-refractivity contribution in [3.63, 3.8) is 0 Å². The highest BCUT2D eigenvalue weighted by Gasteiger charge is 2.15. The number of carbonyl (C=O) groups excluding carboxylic acids is 1. The summed E-state index contributed by atoms with van der Waals surface area (Å²) in [5.74, 6) is -0.550. The number of rotatable bonds is 6. The molecule has 6 nitrogen and oxygen atoms in total. The Morgan fingerprint density at radius 1 is 1.37 bits per heavy atom. The lowest BCUT2D eigenvalue weighted by molar-refractivity contribution is -0.117. The average Bonchev–Trinajstić information content (AvgIpc) is 2.36. The second-order valence-corrected chi connectivity index (χ2v) is 6.63. The molecular formula is C12H18N2O4S. The Morgan fingerprint density at radius 3 is 2.42 bits per heavy atom. The zero-order valence-corrected chi connectivity index (χ0v) is 11.5. The minimum atomic E-state index is -3.12. The van der Waals surface area contributed by atoms with Crippen molar-refractivity contribution in [3.8, 4) is 0 Å². The van der Waals surface area contributed by atoms with E-state index >= 15 is 0 Å². The highest BCUT2D eigenvalue weighted by atomic mass is 32.2. The number of aliphatic hydroxyl groups excluding tert-OH is 1. The first kappa shape index (κ1) is 15.6. The minimum absolute atomic E-state index is 0.0674. The molecule has 1 rings (SSSR count). The van der Waals surface area contributed by atoms with Crippen LogP contribution in [-0.4, -0.2) is 37.5 Å². The van der Waals surface area contributed by atoms with Gasteiger partial charge in [-0.05, 0) is 24.1 Å². The Hall–Kier alpha value is -1.44. The molecule has 19 heavy (non-hydrogen) atoms. The number of amides is 1. The molecule has 106 valence electrons. The predicted octanol–water partition coefficient (Wildman–Crippen LogP) is -0.121. The lowest BCUT2D eigenvalue weighted by Crippen LogP contribution is -2.37. The van der Waals surface area contributed by atoms with Gasteiger partial charge in [-0.3, -0.25) is 4.79 Å². The SMILES string of the molecule is CS(=O)(=O)CCC(N)C(=O)Nc1ccc(CO)cc1. The van der Waals surface area contributed by atoms with Gasteiger partial charge in [0.15, 0.2) is 0 Å². The molecule has 0 radical (unpaired) electrons. The first-order chi connectivity index (χ1) is 8.81. The highest BCUT2D eigenvalue weighted by molar-refractivity contribution is 7.90. The smallest absolute Gasteiger partial charge is 0.241 e. The van der Waals surface area contributed by atoms with E-state index in [0.717, 1.165) is 11.8 Å². The fraction of sp³-hybridized carbons (Fsp3) is 0.417. The normalized spacial score (nSPS) is 13.0. The summed E-state index contributed by atoms with van der Waals surface area (Å²) >= 11 is 0. The van der Waals surface area contributed by atoms with Gasteiger partial charge in [-0.2, -0.15) is 0 Å². The van der Waals surface area contributed by atoms with Gasteiger partial charge in [0.25, 0.3) is 0 Å². The second kappa shape index (κ2) is 6.65. The number of anilines is 1. The zero-order valence-electron chi connectivity index (χ0n) is 10.7. The van der Waals surface area contributed by atoms with Crippen LogP contribution in [0.4, 0.5) is 5.69 Å². The fourth-order valence-electron chi connectivity index (χ4n) is 1.40. The van der Waals surface area contributed by atoms with Crippen molar-refractivity contribution in [1.29, 1.82) is 0 Å². The van der Waals surface area contributed by atoms with Crippen LogP contribution in [0.2, 0.25) is 0 Å². The molecule has 1 aromatic carbocycles. The molecule has 0 spiro atoms. The number of aliphatic hydroxyl groups is 1. The van der Waals surface area contributed by atoms with E-state index in [1.807, 2.05) is 0 Å². The Morgan fingerprint density at radius 2 is 1.95 bits per heavy atom. The van der Waals surface area contributed by atoms with E-state index in [1.54, 1.807) is 24.3 Å². The summed E-state index contributed by atoms with van der Waals surface area (Å²) in [6.45, 7) is -0.0674. The van der Waals surface area contributed by atoms with Crippen LogP contribution in [0.1, 0.15) is 12.0 Å². The molecule has 0 aliphatic heterocycles. The van der Waals surface area contributed by atoms with Crippen molar-refractivity contribution in [3.05, 3.63) is 29.8 Å². The molecule has 1 unspecified atom stereocenters. The third-order valence-electron chi connectivity index (χ3n) is 2.54. The first-order valence-electron chi connectivity index (χ1n) is 5.76. The van der Waals surface area contributed by atoms with E-state index in [-0.39, 0.29) is 18.8 Å². The quantitative estimate of drug-likeness (QED) is 0.675. The summed E-state index contributed by atoms with van der Waals surface area (Å²) in [6.07, 6.45) is 1.19. The van der Waals surface area contributed by atoms with Crippen molar-refractivity contribution in [2.24, 2.45) is 5.73 Å². The molecule has 0 saturated heterocycles. The summed E-state index contributed by atoms with van der Waals surface area (Å²) in [4.78, 5) is 11.7. The lowest BCUT2D eigenvalue weighted by atomic mass is 10.2. The van der Waals surface area contributed by atoms with Gasteiger partial charge < -0.3 is 16.2 Å². The topological polar surface area (TPSA) is 109 Å². The van der Waals surface area contributed by atoms with Crippen LogP contribution in [0, 0.1) is 0 Å². The maximum absolute atomic E-state index is 11.7. The number of hydrogen-bond donors (Lipinski definition) is 3. The molecule has 0 aliphatic rings. The van der Waals surface area contributed by atoms with Gasteiger partial charge in [0, 0.05) is 11.9 Å². The van der Waals surface area contributed by atoms with Crippen LogP contribution < -0.4 is 11.1 Å². The van der Waals surface area contributed by atoms with Crippen molar-refractivity contribution in [2.45, 2.75) is 19.1 Å². The van der Waals surface area contributed by atoms with Crippen LogP contribution in [-0.2, 0) is 21.2 Å². The third kappa shape index (κ3) is 5.82. The summed E-state index contributed by atoms with van der Waals surface area (Å²) in [6, 6.07) is 5.78. The van der Waals surface area contributed by atoms with Crippen molar-refractivity contribution in [1.82, 2.24) is 0 Å². The Kier molecular flexibility index (Phi) is 5.46. The molecule has 1 atom stereocenters. The van der Waals surface area contributed by atoms with Gasteiger partial charge >= 0.3 is 0 Å². The van der Waals surface area contributed by atoms with Gasteiger partial charge in [-0.25, -0.2) is 8.42 Å². The first-order valence-corrected chi connectivity index (χ1v) is 7.82. The number of nitrogens with two attached hydrogens (primary N) is 1. The van der Waals surface area contributed by atoms with Crippen LogP contribution >= 0.6 is 0 Å². The van der Waals surface area contributed by atoms with Gasteiger partial charge in [0.1, 0.15) is 9.84 Å². The Bertz CT molecular complexity index is 525. The number of benzene rings is 1. The third-order valence-corrected chi connectivity index (χ3v) is 3.52. The number of carbonyl (C=O) groups is 1. The molecule has 1 amide bonds. The summed E-state index contributed by atoms with van der Waals surface area (Å²) in [7, 11) is -3.12. The maximum atomic E-state index is 11.7. The standard InChI is InChI=1S/C12H18N2O4S/c1-19(17,18)7-6-11(13)12(16)14-10-4-2-9(8-15)3-5-10/h2-5,11,15H,6-8,13H2,1H3,(H,14,16). The second-order valence-electron chi connectivity index (χ2n) is 4.37. The molecule has 0 heterocycles. The van der Waals surface area contributed by atoms with E-state index in [1.165, 1.54) is 0 Å². The van der Waals surface area contributed by atoms with E-state index in [9.17, 15) is 13.2 Å². The minimum Gasteiger partial charge on any atom is -0.392 e. The molecule has 0 aliphatic carbocycles. The molecule has 0 bridgehead atoms. The summed E-state index contributed by atoms with van der Waals surface area (Å²) < 4.78 is 22.0. The highest BCUT2D eigenvalue weighted by Crippen LogP contribution is 2.10.